The SMILES string of the molecule is CC(O)C(NC(=O)C(Cc1cnc[nH]1)NC(=O)C(CC(N)=O)NC(=O)C(N)Cc1ccc(O)cc1)C(=O)O. The number of aliphatic hydroxyl groups is 1. The van der Waals surface area contributed by atoms with E-state index in [1.165, 1.54) is 31.6 Å². The number of rotatable bonds is 14. The molecule has 15 heteroatoms. The number of imidazole rings is 1. The molecule has 2 rings (SSSR count). The molecule has 0 spiro atoms. The van der Waals surface area contributed by atoms with Gasteiger partial charge in [0.25, 0.3) is 0 Å². The minimum atomic E-state index is -1.66. The van der Waals surface area contributed by atoms with E-state index in [1.54, 1.807) is 12.1 Å². The number of amides is 4. The molecule has 206 valence electrons. The Balaban J connectivity index is 2.17. The van der Waals surface area contributed by atoms with Crippen LogP contribution in [0.15, 0.2) is 36.8 Å². The van der Waals surface area contributed by atoms with Gasteiger partial charge in [0.1, 0.15) is 17.8 Å². The quantitative estimate of drug-likeness (QED) is 0.119. The fourth-order valence-electron chi connectivity index (χ4n) is 3.41. The number of aliphatic hydroxyl groups excluding tert-OH is 1. The molecule has 1 heterocycles. The van der Waals surface area contributed by atoms with Crippen LogP contribution >= 0.6 is 0 Å². The Morgan fingerprint density at radius 2 is 1.58 bits per heavy atom. The van der Waals surface area contributed by atoms with Crippen LogP contribution in [0.25, 0.3) is 0 Å². The smallest absolute Gasteiger partial charge is 0.328 e. The minimum absolute atomic E-state index is 0.0295. The first-order valence-electron chi connectivity index (χ1n) is 11.5. The molecule has 0 radical (unpaired) electrons. The van der Waals surface area contributed by atoms with Gasteiger partial charge in [0.05, 0.1) is 24.9 Å². The summed E-state index contributed by atoms with van der Waals surface area (Å²) in [6.45, 7) is 1.17. The number of hydrogen-bond acceptors (Lipinski definition) is 9. The standard InChI is InChI=1S/C23H31N7O8/c1-11(31)19(23(37)38)30-22(36)16(7-13-9-26-10-27-13)29-21(35)17(8-18(25)33)28-20(34)15(24)6-12-2-4-14(32)5-3-12/h2-5,9-11,15-17,19,31-32H,6-8,24H2,1H3,(H2,25,33)(H,26,27)(H,28,34)(H,29,35)(H,30,36)(H,37,38). The van der Waals surface area contributed by atoms with E-state index in [-0.39, 0.29) is 18.6 Å². The van der Waals surface area contributed by atoms with Gasteiger partial charge in [-0.25, -0.2) is 9.78 Å². The number of carbonyl (C=O) groups excluding carboxylic acids is 4. The zero-order chi connectivity index (χ0) is 28.4. The first kappa shape index (κ1) is 29.7. The van der Waals surface area contributed by atoms with Gasteiger partial charge in [-0.3, -0.25) is 19.2 Å². The maximum Gasteiger partial charge on any atom is 0.328 e. The normalized spacial score (nSPS) is 14.8. The minimum Gasteiger partial charge on any atom is -0.508 e. The van der Waals surface area contributed by atoms with Gasteiger partial charge in [-0.15, -0.1) is 0 Å². The summed E-state index contributed by atoms with van der Waals surface area (Å²) in [4.78, 5) is 68.2. The molecule has 0 saturated heterocycles. The lowest BCUT2D eigenvalue weighted by atomic mass is 10.0. The number of aromatic amines is 1. The Labute approximate surface area is 217 Å². The molecule has 2 aromatic rings. The number of nitrogens with zero attached hydrogens (tertiary/aromatic N) is 1. The summed E-state index contributed by atoms with van der Waals surface area (Å²) in [6.07, 6.45) is 0.526. The molecule has 0 aliphatic heterocycles. The third-order valence-electron chi connectivity index (χ3n) is 5.43. The predicted molar refractivity (Wildman–Crippen MR) is 131 cm³/mol. The van der Waals surface area contributed by atoms with Crippen LogP contribution in [0.4, 0.5) is 0 Å². The van der Waals surface area contributed by atoms with E-state index in [2.05, 4.69) is 25.9 Å². The number of carboxylic acids is 1. The number of benzene rings is 1. The molecule has 0 aliphatic rings. The number of hydrogen-bond donors (Lipinski definition) is 9. The van der Waals surface area contributed by atoms with Crippen molar-refractivity contribution in [3.05, 3.63) is 48.0 Å². The van der Waals surface area contributed by atoms with E-state index < -0.39 is 66.3 Å². The lowest BCUT2D eigenvalue weighted by molar-refractivity contribution is -0.145. The highest BCUT2D eigenvalue weighted by molar-refractivity contribution is 5.96. The van der Waals surface area contributed by atoms with Gasteiger partial charge >= 0.3 is 5.97 Å². The maximum atomic E-state index is 13.1. The van der Waals surface area contributed by atoms with Crippen molar-refractivity contribution in [1.29, 1.82) is 0 Å². The number of carbonyl (C=O) groups is 5. The van der Waals surface area contributed by atoms with E-state index in [4.69, 9.17) is 11.5 Å². The fourth-order valence-corrected chi connectivity index (χ4v) is 3.41. The van der Waals surface area contributed by atoms with Crippen molar-refractivity contribution < 1.29 is 39.3 Å². The fraction of sp³-hybridized carbons (Fsp3) is 0.391. The second-order valence-corrected chi connectivity index (χ2v) is 8.62. The Morgan fingerprint density at radius 3 is 2.11 bits per heavy atom. The molecular weight excluding hydrogens is 502 g/mol. The zero-order valence-electron chi connectivity index (χ0n) is 20.5. The predicted octanol–water partition coefficient (Wildman–Crippen LogP) is -2.98. The van der Waals surface area contributed by atoms with Gasteiger partial charge < -0.3 is 47.7 Å². The second-order valence-electron chi connectivity index (χ2n) is 8.62. The van der Waals surface area contributed by atoms with E-state index >= 15 is 0 Å². The van der Waals surface area contributed by atoms with Gasteiger partial charge in [-0.1, -0.05) is 12.1 Å². The van der Waals surface area contributed by atoms with Crippen molar-refractivity contribution in [2.75, 3.05) is 0 Å². The third-order valence-corrected chi connectivity index (χ3v) is 5.43. The number of phenols is 1. The zero-order valence-corrected chi connectivity index (χ0v) is 20.5. The molecule has 15 nitrogen and oxygen atoms in total. The van der Waals surface area contributed by atoms with Crippen LogP contribution < -0.4 is 27.4 Å². The Bertz CT molecular complexity index is 1120. The molecule has 38 heavy (non-hydrogen) atoms. The number of nitrogens with one attached hydrogen (secondary N) is 4. The van der Waals surface area contributed by atoms with Gasteiger partial charge in [0, 0.05) is 18.3 Å². The van der Waals surface area contributed by atoms with Crippen LogP contribution in [0.1, 0.15) is 24.6 Å². The van der Waals surface area contributed by atoms with Crippen LogP contribution in [0.3, 0.4) is 0 Å². The highest BCUT2D eigenvalue weighted by Crippen LogP contribution is 2.11. The summed E-state index contributed by atoms with van der Waals surface area (Å²) in [5.74, 6) is -5.09. The van der Waals surface area contributed by atoms with Crippen LogP contribution in [-0.4, -0.2) is 85.2 Å². The molecule has 11 N–H and O–H groups in total. The van der Waals surface area contributed by atoms with Crippen molar-refractivity contribution in [2.45, 2.75) is 56.5 Å². The highest BCUT2D eigenvalue weighted by Gasteiger charge is 2.32. The van der Waals surface area contributed by atoms with Crippen LogP contribution in [0.2, 0.25) is 0 Å². The number of aliphatic carboxylic acids is 1. The van der Waals surface area contributed by atoms with Crippen LogP contribution in [0, 0.1) is 0 Å². The Morgan fingerprint density at radius 1 is 0.974 bits per heavy atom. The number of phenolic OH excluding ortho intramolecular Hbond substituents is 1. The lowest BCUT2D eigenvalue weighted by Crippen LogP contribution is -2.59. The molecule has 4 amide bonds. The molecular formula is C23H31N7O8. The maximum absolute atomic E-state index is 13.1. The summed E-state index contributed by atoms with van der Waals surface area (Å²) in [6, 6.07) is 0.272. The largest absolute Gasteiger partial charge is 0.508 e. The molecule has 0 saturated carbocycles. The molecule has 0 aliphatic carbocycles. The summed E-state index contributed by atoms with van der Waals surface area (Å²) in [7, 11) is 0. The summed E-state index contributed by atoms with van der Waals surface area (Å²) in [5.41, 5.74) is 12.2. The Hall–Kier alpha value is -4.50. The Kier molecular flexibility index (Phi) is 10.7. The van der Waals surface area contributed by atoms with Crippen molar-refractivity contribution in [3.8, 4) is 5.75 Å². The van der Waals surface area contributed by atoms with Crippen LogP contribution in [-0.2, 0) is 36.8 Å². The second kappa shape index (κ2) is 13.7. The number of aromatic nitrogens is 2. The number of H-pyrrole nitrogens is 1. The lowest BCUT2D eigenvalue weighted by Gasteiger charge is -2.25. The van der Waals surface area contributed by atoms with Crippen molar-refractivity contribution in [3.63, 3.8) is 0 Å². The molecule has 5 unspecified atom stereocenters. The van der Waals surface area contributed by atoms with E-state index in [0.29, 0.717) is 11.3 Å². The first-order chi connectivity index (χ1) is 17.9. The van der Waals surface area contributed by atoms with Gasteiger partial charge in [-0.05, 0) is 31.0 Å². The number of primary amides is 1. The summed E-state index contributed by atoms with van der Waals surface area (Å²) < 4.78 is 0. The number of carboxylic acid groups (broad SMARTS) is 1. The monoisotopic (exact) mass is 533 g/mol. The highest BCUT2D eigenvalue weighted by atomic mass is 16.4. The van der Waals surface area contributed by atoms with Crippen molar-refractivity contribution >= 4 is 29.6 Å². The van der Waals surface area contributed by atoms with E-state index in [1.807, 2.05) is 0 Å². The van der Waals surface area contributed by atoms with Crippen molar-refractivity contribution in [1.82, 2.24) is 25.9 Å². The van der Waals surface area contributed by atoms with E-state index in [9.17, 15) is 39.3 Å². The molecule has 0 bridgehead atoms. The molecule has 1 aromatic carbocycles. The average molecular weight is 534 g/mol. The molecule has 0 fully saturated rings. The molecule has 5 atom stereocenters. The van der Waals surface area contributed by atoms with Crippen LogP contribution in [0.5, 0.6) is 5.75 Å². The van der Waals surface area contributed by atoms with Crippen molar-refractivity contribution in [2.24, 2.45) is 11.5 Å². The summed E-state index contributed by atoms with van der Waals surface area (Å²) in [5, 5.41) is 35.2. The molecule has 1 aromatic heterocycles. The number of aromatic hydroxyl groups is 1. The number of nitrogens with two attached hydrogens (primary N) is 2. The van der Waals surface area contributed by atoms with Gasteiger partial charge in [0.15, 0.2) is 6.04 Å². The van der Waals surface area contributed by atoms with E-state index in [0.717, 1.165) is 0 Å². The third kappa shape index (κ3) is 9.18. The average Bonchev–Trinajstić information content (AvgIpc) is 3.35. The topological polar surface area (TPSA) is 263 Å². The van der Waals surface area contributed by atoms with Gasteiger partial charge in [0.2, 0.25) is 23.6 Å². The summed E-state index contributed by atoms with van der Waals surface area (Å²) >= 11 is 0. The first-order valence-corrected chi connectivity index (χ1v) is 11.5. The van der Waals surface area contributed by atoms with Gasteiger partial charge in [-0.2, -0.15) is 0 Å².